The van der Waals surface area contributed by atoms with Crippen molar-refractivity contribution in [2.75, 3.05) is 6.07 Å². The van der Waals surface area contributed by atoms with Crippen LogP contribution in [-0.4, -0.2) is 18.0 Å². The topological polar surface area (TPSA) is 26.3 Å². The van der Waals surface area contributed by atoms with Crippen molar-refractivity contribution in [3.05, 3.63) is 0 Å². The van der Waals surface area contributed by atoms with Crippen LogP contribution in [0.4, 0.5) is 8.78 Å². The van der Waals surface area contributed by atoms with E-state index in [4.69, 9.17) is 11.6 Å². The van der Waals surface area contributed by atoms with Crippen LogP contribution in [0.25, 0.3) is 0 Å². The molecule has 76 valence electrons. The van der Waals surface area contributed by atoms with E-state index in [2.05, 4.69) is 4.74 Å². The molecule has 2 nitrogen and oxygen atoms in total. The molecule has 0 N–H and O–H groups in total. The van der Waals surface area contributed by atoms with E-state index in [9.17, 15) is 13.6 Å². The third kappa shape index (κ3) is 3.10. The molecular weight excluding hydrogens is 202 g/mol. The first-order chi connectivity index (χ1) is 6.05. The minimum atomic E-state index is -2.60. The molecule has 1 aliphatic rings. The van der Waals surface area contributed by atoms with Gasteiger partial charge in [0.25, 0.3) is 0 Å². The second kappa shape index (κ2) is 4.22. The number of halogens is 3. The van der Waals surface area contributed by atoms with Gasteiger partial charge >= 0.3 is 5.97 Å². The zero-order valence-electron chi connectivity index (χ0n) is 7.06. The maximum atomic E-state index is 12.6. The van der Waals surface area contributed by atoms with Gasteiger partial charge in [-0.3, -0.25) is 4.79 Å². The van der Waals surface area contributed by atoms with Gasteiger partial charge < -0.3 is 4.74 Å². The van der Waals surface area contributed by atoms with Gasteiger partial charge in [0.1, 0.15) is 0 Å². The van der Waals surface area contributed by atoms with Crippen molar-refractivity contribution in [3.63, 3.8) is 0 Å². The Bertz CT molecular complexity index is 187. The van der Waals surface area contributed by atoms with Crippen LogP contribution in [0, 0.1) is 5.92 Å². The van der Waals surface area contributed by atoms with E-state index in [0.717, 1.165) is 0 Å². The zero-order chi connectivity index (χ0) is 9.90. The van der Waals surface area contributed by atoms with E-state index in [1.54, 1.807) is 0 Å². The maximum Gasteiger partial charge on any atom is 0.310 e. The second-order valence-electron chi connectivity index (χ2n) is 3.20. The van der Waals surface area contributed by atoms with Crippen LogP contribution >= 0.6 is 11.6 Å². The highest BCUT2D eigenvalue weighted by molar-refractivity contribution is 6.17. The van der Waals surface area contributed by atoms with Gasteiger partial charge in [-0.2, -0.15) is 0 Å². The lowest BCUT2D eigenvalue weighted by Crippen LogP contribution is -2.29. The summed E-state index contributed by atoms with van der Waals surface area (Å²) in [5.41, 5.74) is 0. The average Bonchev–Trinajstić information content (AvgIpc) is 2.04. The molecule has 0 aromatic rings. The second-order valence-corrected chi connectivity index (χ2v) is 3.42. The summed E-state index contributed by atoms with van der Waals surface area (Å²) < 4.78 is 29.8. The first-order valence-electron chi connectivity index (χ1n) is 4.15. The Morgan fingerprint density at radius 3 is 2.46 bits per heavy atom. The number of carbonyl (C=O) groups is 1. The lowest BCUT2D eigenvalue weighted by molar-refractivity contribution is -0.150. The fraction of sp³-hybridized carbons (Fsp3) is 0.875. The fourth-order valence-corrected chi connectivity index (χ4v) is 1.56. The van der Waals surface area contributed by atoms with Crippen LogP contribution in [0.3, 0.4) is 0 Å². The van der Waals surface area contributed by atoms with E-state index in [1.807, 2.05) is 0 Å². The quantitative estimate of drug-likeness (QED) is 0.520. The largest absolute Gasteiger partial charge is 0.449 e. The molecule has 1 rings (SSSR count). The van der Waals surface area contributed by atoms with Gasteiger partial charge in [-0.25, -0.2) is 8.78 Å². The summed E-state index contributed by atoms with van der Waals surface area (Å²) in [5.74, 6) is -3.44. The molecule has 5 heteroatoms. The Labute approximate surface area is 80.2 Å². The Kier molecular flexibility index (Phi) is 3.47. The Morgan fingerprint density at radius 2 is 2.00 bits per heavy atom. The molecule has 0 bridgehead atoms. The lowest BCUT2D eigenvalue weighted by atomic mass is 9.87. The lowest BCUT2D eigenvalue weighted by Gasteiger charge is -2.26. The van der Waals surface area contributed by atoms with Crippen LogP contribution in [-0.2, 0) is 9.53 Å². The highest BCUT2D eigenvalue weighted by Crippen LogP contribution is 2.36. The molecule has 0 aromatic heterocycles. The molecule has 0 aromatic carbocycles. The molecule has 1 aliphatic carbocycles. The number of hydrogen-bond donors (Lipinski definition) is 0. The molecule has 13 heavy (non-hydrogen) atoms. The minimum Gasteiger partial charge on any atom is -0.449 e. The van der Waals surface area contributed by atoms with Gasteiger partial charge in [-0.1, -0.05) is 11.6 Å². The van der Waals surface area contributed by atoms with Crippen molar-refractivity contribution >= 4 is 17.6 Å². The highest BCUT2D eigenvalue weighted by Gasteiger charge is 2.37. The van der Waals surface area contributed by atoms with Crippen molar-refractivity contribution in [2.45, 2.75) is 31.6 Å². The van der Waals surface area contributed by atoms with Crippen molar-refractivity contribution < 1.29 is 18.3 Å². The molecule has 0 heterocycles. The van der Waals surface area contributed by atoms with Crippen LogP contribution in [0.1, 0.15) is 25.7 Å². The molecule has 0 amide bonds. The summed E-state index contributed by atoms with van der Waals surface area (Å²) in [6.45, 7) is 0. The number of alkyl halides is 3. The maximum absolute atomic E-state index is 12.6. The summed E-state index contributed by atoms with van der Waals surface area (Å²) in [5, 5.41) is 0. The van der Waals surface area contributed by atoms with Crippen LogP contribution in [0.15, 0.2) is 0 Å². The number of esters is 1. The summed E-state index contributed by atoms with van der Waals surface area (Å²) in [6, 6.07) is -0.203. The molecule has 0 spiro atoms. The van der Waals surface area contributed by atoms with E-state index >= 15 is 0 Å². The molecule has 1 fully saturated rings. The van der Waals surface area contributed by atoms with E-state index < -0.39 is 17.8 Å². The van der Waals surface area contributed by atoms with Crippen LogP contribution < -0.4 is 0 Å². The Morgan fingerprint density at radius 1 is 1.46 bits per heavy atom. The van der Waals surface area contributed by atoms with Gasteiger partial charge in [0, 0.05) is 12.8 Å². The average molecular weight is 213 g/mol. The van der Waals surface area contributed by atoms with Crippen LogP contribution in [0.2, 0.25) is 0 Å². The van der Waals surface area contributed by atoms with Gasteiger partial charge in [0.15, 0.2) is 6.07 Å². The fourth-order valence-electron chi connectivity index (χ4n) is 1.45. The molecule has 0 saturated heterocycles. The predicted octanol–water partition coefficient (Wildman–Crippen LogP) is 2.55. The van der Waals surface area contributed by atoms with E-state index in [1.165, 1.54) is 0 Å². The van der Waals surface area contributed by atoms with Gasteiger partial charge in [-0.15, -0.1) is 0 Å². The summed E-state index contributed by atoms with van der Waals surface area (Å²) in [4.78, 5) is 11.1. The molecule has 1 saturated carbocycles. The van der Waals surface area contributed by atoms with Crippen molar-refractivity contribution in [3.8, 4) is 0 Å². The molecule has 0 aliphatic heterocycles. The molecule has 0 atom stereocenters. The van der Waals surface area contributed by atoms with Gasteiger partial charge in [0.2, 0.25) is 5.92 Å². The van der Waals surface area contributed by atoms with Crippen LogP contribution in [0.5, 0.6) is 0 Å². The predicted molar refractivity (Wildman–Crippen MR) is 43.7 cm³/mol. The van der Waals surface area contributed by atoms with E-state index in [-0.39, 0.29) is 31.7 Å². The highest BCUT2D eigenvalue weighted by atomic mass is 35.5. The van der Waals surface area contributed by atoms with E-state index in [0.29, 0.717) is 0 Å². The zero-order valence-corrected chi connectivity index (χ0v) is 7.82. The minimum absolute atomic E-state index is 0.197. The monoisotopic (exact) mass is 212 g/mol. The number of rotatable bonds is 2. The number of hydrogen-bond acceptors (Lipinski definition) is 2. The van der Waals surface area contributed by atoms with Crippen molar-refractivity contribution in [1.82, 2.24) is 0 Å². The third-order valence-corrected chi connectivity index (χ3v) is 2.36. The summed E-state index contributed by atoms with van der Waals surface area (Å²) >= 11 is 5.18. The number of carbonyl (C=O) groups excluding carboxylic acids is 1. The van der Waals surface area contributed by atoms with Gasteiger partial charge in [-0.05, 0) is 12.8 Å². The standard InChI is InChI=1S/C8H11ClF2O2/c9-5-13-7(12)6-1-3-8(10,11)4-2-6/h6H,1-5H2. The normalized spacial score (nSPS) is 22.7. The molecule has 0 unspecified atom stereocenters. The van der Waals surface area contributed by atoms with Crippen molar-refractivity contribution in [1.29, 1.82) is 0 Å². The molecule has 0 radical (unpaired) electrons. The Hall–Kier alpha value is -0.380. The van der Waals surface area contributed by atoms with Gasteiger partial charge in [0.05, 0.1) is 5.92 Å². The summed E-state index contributed by atoms with van der Waals surface area (Å²) in [6.07, 6.45) is -0.0600. The first kappa shape index (κ1) is 10.7. The summed E-state index contributed by atoms with van der Waals surface area (Å²) in [7, 11) is 0. The Balaban J connectivity index is 2.36. The molecular formula is C8H11ClF2O2. The smallest absolute Gasteiger partial charge is 0.310 e. The third-order valence-electron chi connectivity index (χ3n) is 2.25. The first-order valence-corrected chi connectivity index (χ1v) is 4.69. The van der Waals surface area contributed by atoms with Crippen molar-refractivity contribution in [2.24, 2.45) is 5.92 Å². The number of ether oxygens (including phenoxy) is 1. The SMILES string of the molecule is O=C(OCCl)C1CCC(F)(F)CC1.